The first kappa shape index (κ1) is 26.3. The molecule has 0 spiro atoms. The number of ether oxygens (including phenoxy) is 1. The molecule has 5 aromatic rings. The lowest BCUT2D eigenvalue weighted by Gasteiger charge is -2.08. The summed E-state index contributed by atoms with van der Waals surface area (Å²) in [6.07, 6.45) is 0. The SMILES string of the molecule is O=C(O)c1ccc(N=NCc2cccc(Oc3cccc(-c4nnc(Nc5ccc(Cl)c(Cl)c5)s4)c3)c2)cc1. The van der Waals surface area contributed by atoms with Crippen molar-refractivity contribution >= 4 is 57.0 Å². The van der Waals surface area contributed by atoms with Gasteiger partial charge in [-0.3, -0.25) is 0 Å². The molecule has 0 fully saturated rings. The molecular weight excluding hydrogens is 557 g/mol. The van der Waals surface area contributed by atoms with Gasteiger partial charge in [-0.05, 0) is 72.3 Å². The molecule has 2 N–H and O–H groups in total. The molecule has 0 aliphatic carbocycles. The molecule has 39 heavy (non-hydrogen) atoms. The lowest BCUT2D eigenvalue weighted by molar-refractivity contribution is 0.0697. The number of carbonyl (C=O) groups is 1. The fraction of sp³-hybridized carbons (Fsp3) is 0.0357. The monoisotopic (exact) mass is 575 g/mol. The third-order valence-electron chi connectivity index (χ3n) is 5.36. The summed E-state index contributed by atoms with van der Waals surface area (Å²) in [5, 5.41) is 31.4. The first-order valence-electron chi connectivity index (χ1n) is 11.6. The Labute approximate surface area is 237 Å². The Morgan fingerprint density at radius 1 is 0.897 bits per heavy atom. The number of hydrogen-bond donors (Lipinski definition) is 2. The number of aromatic carboxylic acids is 1. The quantitative estimate of drug-likeness (QED) is 0.170. The maximum Gasteiger partial charge on any atom is 0.335 e. The van der Waals surface area contributed by atoms with Gasteiger partial charge in [0.2, 0.25) is 5.13 Å². The molecule has 0 unspecified atom stereocenters. The molecule has 0 aliphatic heterocycles. The number of carboxylic acids is 1. The molecule has 1 aromatic heterocycles. The van der Waals surface area contributed by atoms with Crippen LogP contribution in [0.4, 0.5) is 16.5 Å². The van der Waals surface area contributed by atoms with Crippen LogP contribution in [-0.4, -0.2) is 21.3 Å². The van der Waals surface area contributed by atoms with Crippen molar-refractivity contribution in [2.45, 2.75) is 6.54 Å². The Kier molecular flexibility index (Phi) is 8.12. The predicted molar refractivity (Wildman–Crippen MR) is 153 cm³/mol. The van der Waals surface area contributed by atoms with Crippen LogP contribution in [0.25, 0.3) is 10.6 Å². The van der Waals surface area contributed by atoms with E-state index in [4.69, 9.17) is 33.0 Å². The van der Waals surface area contributed by atoms with E-state index in [-0.39, 0.29) is 5.56 Å². The highest BCUT2D eigenvalue weighted by Gasteiger charge is 2.10. The van der Waals surface area contributed by atoms with Crippen LogP contribution in [0.3, 0.4) is 0 Å². The van der Waals surface area contributed by atoms with Gasteiger partial charge in [-0.15, -0.1) is 10.2 Å². The fourth-order valence-corrected chi connectivity index (χ4v) is 4.55. The highest BCUT2D eigenvalue weighted by molar-refractivity contribution is 7.18. The summed E-state index contributed by atoms with van der Waals surface area (Å²) in [5.41, 5.74) is 3.33. The summed E-state index contributed by atoms with van der Waals surface area (Å²) in [6.45, 7) is 0.345. The van der Waals surface area contributed by atoms with Crippen LogP contribution >= 0.6 is 34.5 Å². The lowest BCUT2D eigenvalue weighted by atomic mass is 10.2. The Morgan fingerprint density at radius 2 is 1.67 bits per heavy atom. The van der Waals surface area contributed by atoms with Crippen molar-refractivity contribution in [3.63, 3.8) is 0 Å². The summed E-state index contributed by atoms with van der Waals surface area (Å²) in [6, 6.07) is 26.7. The first-order chi connectivity index (χ1) is 18.9. The lowest BCUT2D eigenvalue weighted by Crippen LogP contribution is -1.94. The second-order valence-corrected chi connectivity index (χ2v) is 9.99. The average Bonchev–Trinajstić information content (AvgIpc) is 3.40. The number of nitrogens with one attached hydrogen (secondary N) is 1. The van der Waals surface area contributed by atoms with E-state index in [0.29, 0.717) is 38.9 Å². The second kappa shape index (κ2) is 12.0. The molecule has 0 radical (unpaired) electrons. The van der Waals surface area contributed by atoms with E-state index in [1.807, 2.05) is 54.6 Å². The Hall–Kier alpha value is -4.31. The molecule has 0 amide bonds. The Morgan fingerprint density at radius 3 is 2.44 bits per heavy atom. The van der Waals surface area contributed by atoms with Crippen LogP contribution in [0.1, 0.15) is 15.9 Å². The van der Waals surface area contributed by atoms with Crippen molar-refractivity contribution in [3.05, 3.63) is 112 Å². The number of benzene rings is 4. The van der Waals surface area contributed by atoms with Gasteiger partial charge in [0.1, 0.15) is 16.5 Å². The van der Waals surface area contributed by atoms with Gasteiger partial charge in [-0.2, -0.15) is 10.2 Å². The largest absolute Gasteiger partial charge is 0.478 e. The zero-order chi connectivity index (χ0) is 27.2. The van der Waals surface area contributed by atoms with Crippen LogP contribution < -0.4 is 10.1 Å². The van der Waals surface area contributed by atoms with Crippen molar-refractivity contribution in [3.8, 4) is 22.1 Å². The fourth-order valence-electron chi connectivity index (χ4n) is 3.49. The number of aromatic nitrogens is 2. The molecule has 5 rings (SSSR count). The molecule has 194 valence electrons. The van der Waals surface area contributed by atoms with Crippen LogP contribution in [0.5, 0.6) is 11.5 Å². The highest BCUT2D eigenvalue weighted by Crippen LogP contribution is 2.33. The third kappa shape index (κ3) is 6.97. The van der Waals surface area contributed by atoms with Crippen molar-refractivity contribution in [2.75, 3.05) is 5.32 Å². The Bertz CT molecular complexity index is 1660. The zero-order valence-electron chi connectivity index (χ0n) is 20.1. The third-order valence-corrected chi connectivity index (χ3v) is 6.99. The van der Waals surface area contributed by atoms with Crippen LogP contribution in [-0.2, 0) is 6.54 Å². The van der Waals surface area contributed by atoms with Gasteiger partial charge < -0.3 is 15.2 Å². The van der Waals surface area contributed by atoms with Crippen LogP contribution in [0, 0.1) is 0 Å². The average molecular weight is 576 g/mol. The molecule has 1 heterocycles. The number of rotatable bonds is 9. The van der Waals surface area contributed by atoms with E-state index in [2.05, 4.69) is 25.7 Å². The summed E-state index contributed by atoms with van der Waals surface area (Å²) < 4.78 is 6.09. The number of anilines is 2. The molecule has 0 saturated carbocycles. The number of nitrogens with zero attached hydrogens (tertiary/aromatic N) is 4. The summed E-state index contributed by atoms with van der Waals surface area (Å²) in [7, 11) is 0. The smallest absolute Gasteiger partial charge is 0.335 e. The highest BCUT2D eigenvalue weighted by atomic mass is 35.5. The minimum Gasteiger partial charge on any atom is -0.478 e. The minimum atomic E-state index is -0.981. The molecule has 0 saturated heterocycles. The van der Waals surface area contributed by atoms with E-state index >= 15 is 0 Å². The van der Waals surface area contributed by atoms with E-state index in [0.717, 1.165) is 21.8 Å². The van der Waals surface area contributed by atoms with E-state index in [1.54, 1.807) is 24.3 Å². The zero-order valence-corrected chi connectivity index (χ0v) is 22.4. The molecule has 0 bridgehead atoms. The molecule has 0 aliphatic rings. The van der Waals surface area contributed by atoms with Gasteiger partial charge in [0.25, 0.3) is 0 Å². The number of halogens is 2. The van der Waals surface area contributed by atoms with Gasteiger partial charge in [-0.25, -0.2) is 4.79 Å². The molecule has 4 aromatic carbocycles. The first-order valence-corrected chi connectivity index (χ1v) is 13.1. The summed E-state index contributed by atoms with van der Waals surface area (Å²) in [4.78, 5) is 11.0. The van der Waals surface area contributed by atoms with E-state index < -0.39 is 5.97 Å². The summed E-state index contributed by atoms with van der Waals surface area (Å²) in [5.74, 6) is 0.328. The van der Waals surface area contributed by atoms with Gasteiger partial charge in [-0.1, -0.05) is 58.8 Å². The normalized spacial score (nSPS) is 11.0. The molecular formula is C28H19Cl2N5O3S. The van der Waals surface area contributed by atoms with Crippen LogP contribution in [0.2, 0.25) is 10.0 Å². The summed E-state index contributed by atoms with van der Waals surface area (Å²) >= 11 is 13.5. The maximum absolute atomic E-state index is 11.0. The predicted octanol–water partition coefficient (Wildman–Crippen LogP) is 9.03. The standard InChI is InChI=1S/C28H19Cl2N5O3S/c29-24-12-11-21(15-25(24)30)32-28-35-34-26(39-28)19-4-2-6-23(14-19)38-22-5-1-3-17(13-22)16-31-33-20-9-7-18(8-10-20)27(36)37/h1-15H,16H2,(H,32,35)(H,36,37). The topological polar surface area (TPSA) is 109 Å². The number of carboxylic acid groups (broad SMARTS) is 1. The number of hydrogen-bond acceptors (Lipinski definition) is 8. The van der Waals surface area contributed by atoms with Gasteiger partial charge in [0, 0.05) is 11.3 Å². The Balaban J connectivity index is 1.23. The van der Waals surface area contributed by atoms with Crippen molar-refractivity contribution in [1.29, 1.82) is 0 Å². The van der Waals surface area contributed by atoms with Crippen molar-refractivity contribution < 1.29 is 14.6 Å². The van der Waals surface area contributed by atoms with Crippen LogP contribution in [0.15, 0.2) is 101 Å². The van der Waals surface area contributed by atoms with Crippen molar-refractivity contribution in [1.82, 2.24) is 10.2 Å². The van der Waals surface area contributed by atoms with Gasteiger partial charge >= 0.3 is 5.97 Å². The minimum absolute atomic E-state index is 0.203. The molecule has 11 heteroatoms. The molecule has 0 atom stereocenters. The second-order valence-electron chi connectivity index (χ2n) is 8.20. The molecule has 8 nitrogen and oxygen atoms in total. The van der Waals surface area contributed by atoms with E-state index in [1.165, 1.54) is 23.5 Å². The van der Waals surface area contributed by atoms with Gasteiger partial charge in [0.05, 0.1) is 27.8 Å². The van der Waals surface area contributed by atoms with E-state index in [9.17, 15) is 4.79 Å². The maximum atomic E-state index is 11.0. The van der Waals surface area contributed by atoms with Gasteiger partial charge in [0.15, 0.2) is 0 Å². The van der Waals surface area contributed by atoms with Crippen molar-refractivity contribution in [2.24, 2.45) is 10.2 Å². The number of azo groups is 1.